The van der Waals surface area contributed by atoms with Crippen LogP contribution in [0.25, 0.3) is 0 Å². The van der Waals surface area contributed by atoms with Gasteiger partial charge < -0.3 is 31.3 Å². The molecule has 0 saturated heterocycles. The zero-order valence-corrected chi connectivity index (χ0v) is 17.6. The average molecular weight is 388 g/mol. The summed E-state index contributed by atoms with van der Waals surface area (Å²) in [6, 6.07) is -1.71. The third-order valence-corrected chi connectivity index (χ3v) is 4.51. The van der Waals surface area contributed by atoms with E-state index in [1.807, 2.05) is 27.8 Å². The van der Waals surface area contributed by atoms with E-state index < -0.39 is 29.5 Å². The number of primary amides is 1. The van der Waals surface area contributed by atoms with Crippen LogP contribution in [0.1, 0.15) is 40.0 Å². The lowest BCUT2D eigenvalue weighted by Crippen LogP contribution is -2.57. The molecule has 0 fully saturated rings. The monoisotopic (exact) mass is 387 g/mol. The zero-order valence-electron chi connectivity index (χ0n) is 17.6. The van der Waals surface area contributed by atoms with Gasteiger partial charge in [-0.3, -0.25) is 14.4 Å². The van der Waals surface area contributed by atoms with Gasteiger partial charge in [0.05, 0.1) is 12.2 Å². The Labute approximate surface area is 162 Å². The highest BCUT2D eigenvalue weighted by Gasteiger charge is 2.36. The van der Waals surface area contributed by atoms with Crippen LogP contribution < -0.4 is 16.8 Å². The molecule has 0 aliphatic rings. The summed E-state index contributed by atoms with van der Waals surface area (Å²) in [5.41, 5.74) is 10.6. The second kappa shape index (κ2) is 11.9. The summed E-state index contributed by atoms with van der Waals surface area (Å²) in [6.45, 7) is 6.66. The molecule has 0 heterocycles. The molecule has 0 aromatic heterocycles. The molecular weight excluding hydrogens is 350 g/mol. The second-order valence-corrected chi connectivity index (χ2v) is 7.29. The minimum Gasteiger partial charge on any atom is -0.374 e. The van der Waals surface area contributed by atoms with Crippen LogP contribution in [0.2, 0.25) is 0 Å². The molecule has 0 aromatic rings. The fraction of sp³-hybridized carbons (Fsp3) is 0.833. The number of carbonyl (C=O) groups excluding carboxylic acids is 3. The molecule has 0 aliphatic heterocycles. The van der Waals surface area contributed by atoms with Gasteiger partial charge in [-0.25, -0.2) is 0 Å². The highest BCUT2D eigenvalue weighted by atomic mass is 16.5. The molecule has 9 heteroatoms. The first kappa shape index (κ1) is 25.3. The van der Waals surface area contributed by atoms with E-state index in [4.69, 9.17) is 16.2 Å². The summed E-state index contributed by atoms with van der Waals surface area (Å²) in [4.78, 5) is 39.7. The number of nitrogens with zero attached hydrogens (tertiary/aromatic N) is 2. The summed E-state index contributed by atoms with van der Waals surface area (Å²) in [5, 5.41) is 2.98. The van der Waals surface area contributed by atoms with E-state index in [2.05, 4.69) is 5.32 Å². The third-order valence-electron chi connectivity index (χ3n) is 4.51. The first-order valence-electron chi connectivity index (χ1n) is 9.32. The summed E-state index contributed by atoms with van der Waals surface area (Å²) >= 11 is 0. The lowest BCUT2D eigenvalue weighted by atomic mass is 9.96. The maximum Gasteiger partial charge on any atom is 0.247 e. The molecule has 0 saturated carbocycles. The highest BCUT2D eigenvalue weighted by Crippen LogP contribution is 2.20. The first-order chi connectivity index (χ1) is 12.5. The van der Waals surface area contributed by atoms with Gasteiger partial charge in [-0.05, 0) is 27.3 Å². The average Bonchev–Trinajstić information content (AvgIpc) is 2.59. The summed E-state index contributed by atoms with van der Waals surface area (Å²) < 4.78 is 5.79. The zero-order chi connectivity index (χ0) is 21.2. The number of rotatable bonds is 13. The number of hydrogen-bond donors (Lipinski definition) is 3. The Morgan fingerprint density at radius 2 is 1.74 bits per heavy atom. The first-order valence-corrected chi connectivity index (χ1v) is 9.32. The minimum atomic E-state index is -0.870. The van der Waals surface area contributed by atoms with Crippen molar-refractivity contribution in [2.45, 2.75) is 57.7 Å². The molecule has 3 amide bonds. The number of nitrogens with one attached hydrogen (secondary N) is 1. The van der Waals surface area contributed by atoms with Crippen LogP contribution in [0.4, 0.5) is 0 Å². The Hall–Kier alpha value is -1.71. The van der Waals surface area contributed by atoms with E-state index in [9.17, 15) is 14.4 Å². The molecule has 0 aromatic carbocycles. The van der Waals surface area contributed by atoms with Crippen molar-refractivity contribution in [3.8, 4) is 0 Å². The highest BCUT2D eigenvalue weighted by molar-refractivity contribution is 5.91. The van der Waals surface area contributed by atoms with E-state index in [0.29, 0.717) is 26.0 Å². The van der Waals surface area contributed by atoms with Crippen LogP contribution >= 0.6 is 0 Å². The van der Waals surface area contributed by atoms with E-state index >= 15 is 0 Å². The Bertz CT molecular complexity index is 498. The van der Waals surface area contributed by atoms with E-state index in [1.54, 1.807) is 7.05 Å². The van der Waals surface area contributed by atoms with Gasteiger partial charge in [-0.15, -0.1) is 0 Å². The molecule has 2 atom stereocenters. The van der Waals surface area contributed by atoms with Crippen molar-refractivity contribution >= 4 is 17.7 Å². The molecule has 0 unspecified atom stereocenters. The number of amides is 3. The predicted molar refractivity (Wildman–Crippen MR) is 105 cm³/mol. The van der Waals surface area contributed by atoms with Gasteiger partial charge in [0.15, 0.2) is 0 Å². The molecule has 0 spiro atoms. The molecular formula is C18H37N5O4. The SMILES string of the molecule is CCCC(=O)N(C)[C@H](CN)C(=O)N(C)[C@@H](CC(C)(C)OCCNC)C(N)=O. The Morgan fingerprint density at radius 3 is 2.19 bits per heavy atom. The Kier molecular flexibility index (Phi) is 11.1. The number of likely N-dealkylation sites (N-methyl/N-ethyl adjacent to an activating group) is 3. The van der Waals surface area contributed by atoms with Crippen LogP contribution in [-0.2, 0) is 19.1 Å². The van der Waals surface area contributed by atoms with Gasteiger partial charge >= 0.3 is 0 Å². The minimum absolute atomic E-state index is 0.0390. The fourth-order valence-electron chi connectivity index (χ4n) is 2.76. The van der Waals surface area contributed by atoms with E-state index in [1.165, 1.54) is 16.8 Å². The lowest BCUT2D eigenvalue weighted by Gasteiger charge is -2.36. The van der Waals surface area contributed by atoms with Gasteiger partial charge in [0.25, 0.3) is 0 Å². The molecule has 158 valence electrons. The number of ether oxygens (including phenoxy) is 1. The standard InChI is InChI=1S/C18H37N5O4/c1-7-8-15(24)22(5)14(12-19)17(26)23(6)13(16(20)25)11-18(2,3)27-10-9-21-4/h13-14,21H,7-12,19H2,1-6H3,(H2,20,25)/t13-,14+/m0/s1. The fourth-order valence-corrected chi connectivity index (χ4v) is 2.76. The Balaban J connectivity index is 5.27. The maximum absolute atomic E-state index is 12.9. The molecule has 27 heavy (non-hydrogen) atoms. The predicted octanol–water partition coefficient (Wildman–Crippen LogP) is -0.711. The lowest BCUT2D eigenvalue weighted by molar-refractivity contribution is -0.148. The van der Waals surface area contributed by atoms with Crippen molar-refractivity contribution in [3.63, 3.8) is 0 Å². The summed E-state index contributed by atoms with van der Waals surface area (Å²) in [6.07, 6.45) is 1.24. The van der Waals surface area contributed by atoms with Crippen molar-refractivity contribution in [2.75, 3.05) is 40.8 Å². The normalized spacial score (nSPS) is 13.7. The molecule has 5 N–H and O–H groups in total. The van der Waals surface area contributed by atoms with Gasteiger partial charge in [-0.2, -0.15) is 0 Å². The van der Waals surface area contributed by atoms with Crippen molar-refractivity contribution in [1.82, 2.24) is 15.1 Å². The topological polar surface area (TPSA) is 131 Å². The van der Waals surface area contributed by atoms with E-state index in [0.717, 1.165) is 0 Å². The smallest absolute Gasteiger partial charge is 0.247 e. The second-order valence-electron chi connectivity index (χ2n) is 7.29. The summed E-state index contributed by atoms with van der Waals surface area (Å²) in [7, 11) is 4.87. The third kappa shape index (κ3) is 8.23. The molecule has 0 radical (unpaired) electrons. The maximum atomic E-state index is 12.9. The van der Waals surface area contributed by atoms with Gasteiger partial charge in [0, 0.05) is 40.0 Å². The largest absolute Gasteiger partial charge is 0.374 e. The van der Waals surface area contributed by atoms with Crippen molar-refractivity contribution in [3.05, 3.63) is 0 Å². The van der Waals surface area contributed by atoms with Crippen LogP contribution in [0.3, 0.4) is 0 Å². The molecule has 0 bridgehead atoms. The van der Waals surface area contributed by atoms with E-state index in [-0.39, 0.29) is 18.9 Å². The van der Waals surface area contributed by atoms with Gasteiger partial charge in [0.2, 0.25) is 17.7 Å². The van der Waals surface area contributed by atoms with Gasteiger partial charge in [-0.1, -0.05) is 6.92 Å². The summed E-state index contributed by atoms with van der Waals surface area (Å²) in [5.74, 6) is -1.21. The van der Waals surface area contributed by atoms with Crippen LogP contribution in [0, 0.1) is 0 Å². The van der Waals surface area contributed by atoms with Crippen LogP contribution in [-0.4, -0.2) is 86.0 Å². The van der Waals surface area contributed by atoms with Crippen molar-refractivity contribution in [2.24, 2.45) is 11.5 Å². The van der Waals surface area contributed by atoms with Crippen LogP contribution in [0.5, 0.6) is 0 Å². The molecule has 0 aliphatic carbocycles. The van der Waals surface area contributed by atoms with Crippen LogP contribution in [0.15, 0.2) is 0 Å². The van der Waals surface area contributed by atoms with Crippen molar-refractivity contribution in [1.29, 1.82) is 0 Å². The quantitative estimate of drug-likeness (QED) is 0.358. The van der Waals surface area contributed by atoms with Crippen molar-refractivity contribution < 1.29 is 19.1 Å². The number of nitrogens with two attached hydrogens (primary N) is 2. The van der Waals surface area contributed by atoms with Gasteiger partial charge in [0.1, 0.15) is 12.1 Å². The number of carbonyl (C=O) groups is 3. The number of hydrogen-bond acceptors (Lipinski definition) is 6. The molecule has 9 nitrogen and oxygen atoms in total. The molecule has 0 rings (SSSR count). The Morgan fingerprint density at radius 1 is 1.15 bits per heavy atom.